The summed E-state index contributed by atoms with van der Waals surface area (Å²) < 4.78 is 26.4. The standard InChI is InChI=1S/C19H27BFN3O2/c1-14(13-22)23-6-8-24(9-7-23)17-11-15(10-16(21)12-17)20-25-18(2,3)19(4,5)26-20/h10-12,14H,6-9H2,1-5H3. The third-order valence-electron chi connectivity index (χ3n) is 5.84. The Labute approximate surface area is 155 Å². The van der Waals surface area contributed by atoms with E-state index in [1.807, 2.05) is 40.7 Å². The fourth-order valence-electron chi connectivity index (χ4n) is 3.34. The lowest BCUT2D eigenvalue weighted by atomic mass is 9.78. The van der Waals surface area contributed by atoms with Crippen molar-refractivity contribution in [2.75, 3.05) is 31.1 Å². The predicted molar refractivity (Wildman–Crippen MR) is 101 cm³/mol. The van der Waals surface area contributed by atoms with E-state index >= 15 is 0 Å². The van der Waals surface area contributed by atoms with E-state index in [-0.39, 0.29) is 11.9 Å². The van der Waals surface area contributed by atoms with E-state index in [2.05, 4.69) is 15.9 Å². The minimum Gasteiger partial charge on any atom is -0.399 e. The average Bonchev–Trinajstić information content (AvgIpc) is 2.81. The van der Waals surface area contributed by atoms with E-state index < -0.39 is 18.3 Å². The van der Waals surface area contributed by atoms with Crippen LogP contribution in [0.15, 0.2) is 18.2 Å². The summed E-state index contributed by atoms with van der Waals surface area (Å²) in [6.07, 6.45) is 0. The van der Waals surface area contributed by atoms with Crippen molar-refractivity contribution in [3.05, 3.63) is 24.0 Å². The topological polar surface area (TPSA) is 48.7 Å². The molecule has 2 saturated heterocycles. The maximum absolute atomic E-state index is 14.3. The summed E-state index contributed by atoms with van der Waals surface area (Å²) in [5.41, 5.74) is 0.623. The molecule has 0 aliphatic carbocycles. The molecule has 0 N–H and O–H groups in total. The van der Waals surface area contributed by atoms with Crippen molar-refractivity contribution < 1.29 is 13.7 Å². The Bertz CT molecular complexity index is 695. The molecule has 140 valence electrons. The first-order valence-electron chi connectivity index (χ1n) is 9.18. The highest BCUT2D eigenvalue weighted by atomic mass is 19.1. The second-order valence-corrected chi connectivity index (χ2v) is 8.16. The first kappa shape index (κ1) is 19.2. The molecular formula is C19H27BFN3O2. The van der Waals surface area contributed by atoms with Gasteiger partial charge in [-0.25, -0.2) is 4.39 Å². The number of rotatable bonds is 3. The Kier molecular flexibility index (Phi) is 5.04. The fourth-order valence-corrected chi connectivity index (χ4v) is 3.34. The normalized spacial score (nSPS) is 23.7. The van der Waals surface area contributed by atoms with E-state index in [1.54, 1.807) is 6.07 Å². The monoisotopic (exact) mass is 359 g/mol. The van der Waals surface area contributed by atoms with Crippen molar-refractivity contribution in [2.24, 2.45) is 0 Å². The second-order valence-electron chi connectivity index (χ2n) is 8.16. The van der Waals surface area contributed by atoms with Crippen LogP contribution < -0.4 is 10.4 Å². The van der Waals surface area contributed by atoms with Crippen LogP contribution in [0.1, 0.15) is 34.6 Å². The molecule has 0 aromatic heterocycles. The fraction of sp³-hybridized carbons (Fsp3) is 0.632. The van der Waals surface area contributed by atoms with Crippen LogP contribution in [0.2, 0.25) is 0 Å². The molecule has 1 aromatic rings. The van der Waals surface area contributed by atoms with Crippen LogP contribution in [-0.2, 0) is 9.31 Å². The number of anilines is 1. The summed E-state index contributed by atoms with van der Waals surface area (Å²) in [5.74, 6) is -0.292. The lowest BCUT2D eigenvalue weighted by Gasteiger charge is -2.37. The van der Waals surface area contributed by atoms with E-state index in [9.17, 15) is 4.39 Å². The van der Waals surface area contributed by atoms with Crippen molar-refractivity contribution in [3.63, 3.8) is 0 Å². The van der Waals surface area contributed by atoms with Crippen molar-refractivity contribution >= 4 is 18.3 Å². The van der Waals surface area contributed by atoms with Gasteiger partial charge >= 0.3 is 7.12 Å². The summed E-state index contributed by atoms with van der Waals surface area (Å²) >= 11 is 0. The highest BCUT2D eigenvalue weighted by Gasteiger charge is 2.51. The van der Waals surface area contributed by atoms with Gasteiger partial charge in [-0.05, 0) is 58.3 Å². The molecule has 2 fully saturated rings. The number of piperazine rings is 1. The first-order valence-corrected chi connectivity index (χ1v) is 9.18. The van der Waals surface area contributed by atoms with Crippen LogP contribution in [0.3, 0.4) is 0 Å². The molecule has 3 rings (SSSR count). The Morgan fingerprint density at radius 2 is 1.65 bits per heavy atom. The predicted octanol–water partition coefficient (Wildman–Crippen LogP) is 2.16. The molecular weight excluding hydrogens is 332 g/mol. The third kappa shape index (κ3) is 3.59. The number of halogens is 1. The van der Waals surface area contributed by atoms with Gasteiger partial charge in [-0.15, -0.1) is 0 Å². The molecule has 0 saturated carbocycles. The molecule has 0 radical (unpaired) electrons. The van der Waals surface area contributed by atoms with Crippen LogP contribution in [0.25, 0.3) is 0 Å². The van der Waals surface area contributed by atoms with E-state index in [0.717, 1.165) is 31.9 Å². The molecule has 2 aliphatic heterocycles. The number of benzene rings is 1. The smallest absolute Gasteiger partial charge is 0.399 e. The van der Waals surface area contributed by atoms with Gasteiger partial charge in [0.15, 0.2) is 0 Å². The summed E-state index contributed by atoms with van der Waals surface area (Å²) in [4.78, 5) is 4.29. The summed E-state index contributed by atoms with van der Waals surface area (Å²) in [6, 6.07) is 7.17. The molecule has 1 unspecified atom stereocenters. The number of nitrogens with zero attached hydrogens (tertiary/aromatic N) is 3. The molecule has 0 bridgehead atoms. The number of hydrogen-bond donors (Lipinski definition) is 0. The zero-order valence-electron chi connectivity index (χ0n) is 16.3. The highest BCUT2D eigenvalue weighted by molar-refractivity contribution is 6.62. The molecule has 7 heteroatoms. The Morgan fingerprint density at radius 3 is 2.19 bits per heavy atom. The Balaban J connectivity index is 1.77. The van der Waals surface area contributed by atoms with Crippen molar-refractivity contribution in [1.29, 1.82) is 5.26 Å². The van der Waals surface area contributed by atoms with Crippen LogP contribution >= 0.6 is 0 Å². The lowest BCUT2D eigenvalue weighted by Crippen LogP contribution is -2.49. The van der Waals surface area contributed by atoms with Gasteiger partial charge < -0.3 is 14.2 Å². The molecule has 0 amide bonds. The van der Waals surface area contributed by atoms with Crippen molar-refractivity contribution in [1.82, 2.24) is 4.90 Å². The van der Waals surface area contributed by atoms with E-state index in [0.29, 0.717) is 5.46 Å². The van der Waals surface area contributed by atoms with E-state index in [4.69, 9.17) is 14.6 Å². The molecule has 1 atom stereocenters. The average molecular weight is 359 g/mol. The van der Waals surface area contributed by atoms with Crippen molar-refractivity contribution in [3.8, 4) is 6.07 Å². The SMILES string of the molecule is CC(C#N)N1CCN(c2cc(F)cc(B3OC(C)(C)C(C)(C)O3)c2)CC1. The zero-order valence-corrected chi connectivity index (χ0v) is 16.3. The first-order chi connectivity index (χ1) is 12.1. The molecule has 2 heterocycles. The van der Waals surface area contributed by atoms with Gasteiger partial charge in [-0.2, -0.15) is 5.26 Å². The lowest BCUT2D eigenvalue weighted by molar-refractivity contribution is 0.00578. The minimum absolute atomic E-state index is 0.0926. The van der Waals surface area contributed by atoms with Gasteiger partial charge in [-0.1, -0.05) is 0 Å². The Hall–Kier alpha value is -1.62. The number of hydrogen-bond acceptors (Lipinski definition) is 5. The number of nitriles is 1. The Morgan fingerprint density at radius 1 is 1.08 bits per heavy atom. The van der Waals surface area contributed by atoms with Crippen LogP contribution in [-0.4, -0.2) is 55.4 Å². The van der Waals surface area contributed by atoms with Gasteiger partial charge in [-0.3, -0.25) is 4.90 Å². The summed E-state index contributed by atoms with van der Waals surface area (Å²) in [7, 11) is -0.575. The van der Waals surface area contributed by atoms with Gasteiger partial charge in [0.05, 0.1) is 23.3 Å². The maximum Gasteiger partial charge on any atom is 0.495 e. The third-order valence-corrected chi connectivity index (χ3v) is 5.84. The largest absolute Gasteiger partial charge is 0.495 e. The van der Waals surface area contributed by atoms with Crippen LogP contribution in [0.4, 0.5) is 10.1 Å². The van der Waals surface area contributed by atoms with Crippen LogP contribution in [0.5, 0.6) is 0 Å². The second kappa shape index (κ2) is 6.84. The molecule has 1 aromatic carbocycles. The minimum atomic E-state index is -0.575. The van der Waals surface area contributed by atoms with Gasteiger partial charge in [0, 0.05) is 31.9 Å². The van der Waals surface area contributed by atoms with Gasteiger partial charge in [0.25, 0.3) is 0 Å². The molecule has 0 spiro atoms. The van der Waals surface area contributed by atoms with Crippen LogP contribution in [0, 0.1) is 17.1 Å². The quantitative estimate of drug-likeness (QED) is 0.775. The molecule has 5 nitrogen and oxygen atoms in total. The zero-order chi connectivity index (χ0) is 19.1. The molecule has 2 aliphatic rings. The summed E-state index contributed by atoms with van der Waals surface area (Å²) in [5, 5.41) is 9.07. The molecule has 26 heavy (non-hydrogen) atoms. The van der Waals surface area contributed by atoms with Gasteiger partial charge in [0.1, 0.15) is 5.82 Å². The van der Waals surface area contributed by atoms with E-state index in [1.165, 1.54) is 6.07 Å². The highest BCUT2D eigenvalue weighted by Crippen LogP contribution is 2.36. The summed E-state index contributed by atoms with van der Waals surface area (Å²) in [6.45, 7) is 13.0. The van der Waals surface area contributed by atoms with Gasteiger partial charge in [0.2, 0.25) is 0 Å². The van der Waals surface area contributed by atoms with Crippen molar-refractivity contribution in [2.45, 2.75) is 51.9 Å². The maximum atomic E-state index is 14.3.